The maximum atomic E-state index is 12.6. The van der Waals surface area contributed by atoms with E-state index >= 15 is 0 Å². The summed E-state index contributed by atoms with van der Waals surface area (Å²) >= 11 is 7.42. The minimum atomic E-state index is -0.218. The summed E-state index contributed by atoms with van der Waals surface area (Å²) in [6, 6.07) is 14.6. The van der Waals surface area contributed by atoms with E-state index in [1.807, 2.05) is 24.3 Å². The molecule has 1 N–H and O–H groups in total. The quantitative estimate of drug-likeness (QED) is 0.660. The van der Waals surface area contributed by atoms with Crippen LogP contribution in [-0.4, -0.2) is 26.2 Å². The molecule has 7 heteroatoms. The van der Waals surface area contributed by atoms with Gasteiger partial charge in [0.05, 0.1) is 17.7 Å². The molecular formula is C20H16ClNO4S. The van der Waals surface area contributed by atoms with Gasteiger partial charge in [-0.15, -0.1) is 11.3 Å². The second-order valence-corrected chi connectivity index (χ2v) is 7.34. The van der Waals surface area contributed by atoms with Crippen molar-refractivity contribution in [2.75, 3.05) is 25.6 Å². The van der Waals surface area contributed by atoms with Gasteiger partial charge < -0.3 is 19.5 Å². The molecule has 0 saturated heterocycles. The zero-order valence-electron chi connectivity index (χ0n) is 14.5. The SMILES string of the molecule is COc1ccc(Cl)cc1NC(=O)c1ccc(-c2ccc3c(c2)OCCO3)s1. The second-order valence-electron chi connectivity index (χ2n) is 5.82. The summed E-state index contributed by atoms with van der Waals surface area (Å²) in [6.45, 7) is 1.10. The van der Waals surface area contributed by atoms with Gasteiger partial charge in [0, 0.05) is 9.90 Å². The number of thiophene rings is 1. The van der Waals surface area contributed by atoms with Crippen LogP contribution >= 0.6 is 22.9 Å². The van der Waals surface area contributed by atoms with Crippen molar-refractivity contribution in [3.05, 3.63) is 58.4 Å². The van der Waals surface area contributed by atoms with Crippen LogP contribution in [0, 0.1) is 0 Å². The molecule has 1 aliphatic heterocycles. The van der Waals surface area contributed by atoms with Crippen molar-refractivity contribution in [1.82, 2.24) is 0 Å². The van der Waals surface area contributed by atoms with E-state index < -0.39 is 0 Å². The molecule has 2 aromatic carbocycles. The molecular weight excluding hydrogens is 386 g/mol. The van der Waals surface area contributed by atoms with Gasteiger partial charge in [-0.05, 0) is 54.1 Å². The zero-order valence-corrected chi connectivity index (χ0v) is 16.0. The van der Waals surface area contributed by atoms with Gasteiger partial charge in [-0.1, -0.05) is 11.6 Å². The molecule has 4 rings (SSSR count). The lowest BCUT2D eigenvalue weighted by molar-refractivity contribution is 0.103. The first-order valence-corrected chi connectivity index (χ1v) is 9.48. The molecule has 0 spiro atoms. The van der Waals surface area contributed by atoms with Gasteiger partial charge in [0.2, 0.25) is 0 Å². The molecule has 1 aliphatic rings. The molecule has 138 valence electrons. The average molecular weight is 402 g/mol. The summed E-state index contributed by atoms with van der Waals surface area (Å²) in [5.74, 6) is 1.80. The van der Waals surface area contributed by atoms with Crippen LogP contribution in [0.3, 0.4) is 0 Å². The van der Waals surface area contributed by atoms with Crippen LogP contribution in [0.25, 0.3) is 10.4 Å². The Morgan fingerprint density at radius 3 is 2.70 bits per heavy atom. The van der Waals surface area contributed by atoms with Crippen LogP contribution in [0.5, 0.6) is 17.2 Å². The molecule has 1 aromatic heterocycles. The number of halogens is 1. The first-order valence-electron chi connectivity index (χ1n) is 8.29. The molecule has 5 nitrogen and oxygen atoms in total. The number of amides is 1. The van der Waals surface area contributed by atoms with Crippen LogP contribution in [0.15, 0.2) is 48.5 Å². The minimum absolute atomic E-state index is 0.218. The van der Waals surface area contributed by atoms with E-state index in [1.54, 1.807) is 31.4 Å². The third-order valence-electron chi connectivity index (χ3n) is 4.07. The summed E-state index contributed by atoms with van der Waals surface area (Å²) < 4.78 is 16.4. The lowest BCUT2D eigenvalue weighted by Crippen LogP contribution is -2.15. The lowest BCUT2D eigenvalue weighted by Gasteiger charge is -2.18. The van der Waals surface area contributed by atoms with Gasteiger partial charge in [-0.3, -0.25) is 4.79 Å². The lowest BCUT2D eigenvalue weighted by atomic mass is 10.1. The Morgan fingerprint density at radius 1 is 1.07 bits per heavy atom. The molecule has 0 fully saturated rings. The second kappa shape index (κ2) is 7.50. The molecule has 0 atom stereocenters. The van der Waals surface area contributed by atoms with Crippen molar-refractivity contribution in [1.29, 1.82) is 0 Å². The topological polar surface area (TPSA) is 56.8 Å². The molecule has 0 aliphatic carbocycles. The smallest absolute Gasteiger partial charge is 0.265 e. The van der Waals surface area contributed by atoms with E-state index in [1.165, 1.54) is 11.3 Å². The van der Waals surface area contributed by atoms with Crippen molar-refractivity contribution < 1.29 is 19.0 Å². The standard InChI is InChI=1S/C20H16ClNO4S/c1-24-15-5-3-13(21)11-14(15)22-20(23)19-7-6-18(27-19)12-2-4-16-17(10-12)26-9-8-25-16/h2-7,10-11H,8-9H2,1H3,(H,22,23). The molecule has 0 radical (unpaired) electrons. The minimum Gasteiger partial charge on any atom is -0.495 e. The van der Waals surface area contributed by atoms with Crippen LogP contribution in [-0.2, 0) is 0 Å². The highest BCUT2D eigenvalue weighted by Gasteiger charge is 2.16. The van der Waals surface area contributed by atoms with Crippen LogP contribution in [0.2, 0.25) is 5.02 Å². The predicted octanol–water partition coefficient (Wildman–Crippen LogP) is 5.10. The summed E-state index contributed by atoms with van der Waals surface area (Å²) in [7, 11) is 1.55. The highest BCUT2D eigenvalue weighted by atomic mass is 35.5. The summed E-state index contributed by atoms with van der Waals surface area (Å²) in [4.78, 5) is 14.2. The number of rotatable bonds is 4. The van der Waals surface area contributed by atoms with Crippen LogP contribution in [0.1, 0.15) is 9.67 Å². The molecule has 3 aromatic rings. The number of carbonyl (C=O) groups excluding carboxylic acids is 1. The summed E-state index contributed by atoms with van der Waals surface area (Å²) in [5.41, 5.74) is 1.51. The highest BCUT2D eigenvalue weighted by molar-refractivity contribution is 7.17. The number of ether oxygens (including phenoxy) is 3. The number of anilines is 1. The fraction of sp³-hybridized carbons (Fsp3) is 0.150. The molecule has 2 heterocycles. The number of hydrogen-bond acceptors (Lipinski definition) is 5. The number of nitrogens with one attached hydrogen (secondary N) is 1. The number of carbonyl (C=O) groups is 1. The zero-order chi connectivity index (χ0) is 18.8. The monoisotopic (exact) mass is 401 g/mol. The maximum absolute atomic E-state index is 12.6. The van der Waals surface area contributed by atoms with Gasteiger partial charge in [0.25, 0.3) is 5.91 Å². The molecule has 1 amide bonds. The van der Waals surface area contributed by atoms with Crippen molar-refractivity contribution in [3.8, 4) is 27.7 Å². The Balaban J connectivity index is 1.56. The first-order chi connectivity index (χ1) is 13.1. The number of methoxy groups -OCH3 is 1. The van der Waals surface area contributed by atoms with Crippen molar-refractivity contribution >= 4 is 34.5 Å². The summed E-state index contributed by atoms with van der Waals surface area (Å²) in [5, 5.41) is 3.37. The van der Waals surface area contributed by atoms with Gasteiger partial charge in [0.1, 0.15) is 19.0 Å². The fourth-order valence-corrected chi connectivity index (χ4v) is 3.84. The van der Waals surface area contributed by atoms with Gasteiger partial charge in [0.15, 0.2) is 11.5 Å². The Morgan fingerprint density at radius 2 is 1.89 bits per heavy atom. The summed E-state index contributed by atoms with van der Waals surface area (Å²) in [6.07, 6.45) is 0. The molecule has 27 heavy (non-hydrogen) atoms. The van der Waals surface area contributed by atoms with Crippen molar-refractivity contribution in [2.45, 2.75) is 0 Å². The largest absolute Gasteiger partial charge is 0.495 e. The molecule has 0 bridgehead atoms. The third kappa shape index (κ3) is 3.72. The van der Waals surface area contributed by atoms with Gasteiger partial charge in [-0.2, -0.15) is 0 Å². The van der Waals surface area contributed by atoms with E-state index in [-0.39, 0.29) is 5.91 Å². The molecule has 0 unspecified atom stereocenters. The Bertz CT molecular complexity index is 1000. The van der Waals surface area contributed by atoms with Crippen molar-refractivity contribution in [3.63, 3.8) is 0 Å². The number of hydrogen-bond donors (Lipinski definition) is 1. The Kier molecular flexibility index (Phi) is 4.92. The fourth-order valence-electron chi connectivity index (χ4n) is 2.77. The predicted molar refractivity (Wildman–Crippen MR) is 107 cm³/mol. The maximum Gasteiger partial charge on any atom is 0.265 e. The Hall–Kier alpha value is -2.70. The van der Waals surface area contributed by atoms with Gasteiger partial charge >= 0.3 is 0 Å². The highest BCUT2D eigenvalue weighted by Crippen LogP contribution is 2.37. The number of benzene rings is 2. The Labute approximate surface area is 165 Å². The van der Waals surface area contributed by atoms with Gasteiger partial charge in [-0.25, -0.2) is 0 Å². The van der Waals surface area contributed by atoms with Crippen LogP contribution < -0.4 is 19.5 Å². The van der Waals surface area contributed by atoms with E-state index in [9.17, 15) is 4.79 Å². The normalized spacial score (nSPS) is 12.5. The average Bonchev–Trinajstić information content (AvgIpc) is 3.18. The first kappa shape index (κ1) is 17.7. The van der Waals surface area contributed by atoms with E-state index in [0.717, 1.165) is 21.9 Å². The number of fused-ring (bicyclic) bond motifs is 1. The van der Waals surface area contributed by atoms with E-state index in [0.29, 0.717) is 34.6 Å². The van der Waals surface area contributed by atoms with E-state index in [2.05, 4.69) is 5.32 Å². The van der Waals surface area contributed by atoms with Crippen LogP contribution in [0.4, 0.5) is 5.69 Å². The molecule has 0 saturated carbocycles. The van der Waals surface area contributed by atoms with Crippen molar-refractivity contribution in [2.24, 2.45) is 0 Å². The van der Waals surface area contributed by atoms with E-state index in [4.69, 9.17) is 25.8 Å². The third-order valence-corrected chi connectivity index (χ3v) is 5.43.